The molecule has 9 heavy (non-hydrogen) atoms. The highest BCUT2D eigenvalue weighted by Crippen LogP contribution is 2.09. The zero-order valence-corrected chi connectivity index (χ0v) is 7.67. The second kappa shape index (κ2) is 6.81. The van der Waals surface area contributed by atoms with Gasteiger partial charge in [0.15, 0.2) is 0 Å². The van der Waals surface area contributed by atoms with Crippen LogP contribution in [0.4, 0.5) is 0 Å². The summed E-state index contributed by atoms with van der Waals surface area (Å²) in [6.45, 7) is 2.20. The minimum absolute atomic E-state index is 0.461. The molecule has 1 radical (unpaired) electrons. The van der Waals surface area contributed by atoms with Gasteiger partial charge in [0.25, 0.3) is 0 Å². The Bertz CT molecular complexity index is 54.9. The highest BCUT2D eigenvalue weighted by Gasteiger charge is 1.99. The van der Waals surface area contributed by atoms with Crippen LogP contribution in [0.3, 0.4) is 0 Å². The predicted molar refractivity (Wildman–Crippen MR) is 50.5 cm³/mol. The van der Waals surface area contributed by atoms with E-state index in [0.29, 0.717) is 5.25 Å². The number of unbranched alkanes of at least 4 members (excludes halogenated alkanes) is 1. The van der Waals surface area contributed by atoms with E-state index in [4.69, 9.17) is 0 Å². The lowest BCUT2D eigenvalue weighted by molar-refractivity contribution is 0.724. The lowest BCUT2D eigenvalue weighted by Gasteiger charge is -2.05. The maximum atomic E-state index is 4.34. The summed E-state index contributed by atoms with van der Waals surface area (Å²) in [5.41, 5.74) is 0. The predicted octanol–water partition coefficient (Wildman–Crippen LogP) is 2.61. The maximum absolute atomic E-state index is 4.34. The molecule has 0 saturated heterocycles. The highest BCUT2D eigenvalue weighted by molar-refractivity contribution is 7.81. The molecule has 0 aromatic rings. The fourth-order valence-electron chi connectivity index (χ4n) is 0.653. The molecular weight excluding hydrogens is 148 g/mol. The molecule has 1 unspecified atom stereocenters. The van der Waals surface area contributed by atoms with Crippen LogP contribution in [0.25, 0.3) is 0 Å². The van der Waals surface area contributed by atoms with Gasteiger partial charge in [-0.2, -0.15) is 25.3 Å². The summed E-state index contributed by atoms with van der Waals surface area (Å²) in [7, 11) is 0. The largest absolute Gasteiger partial charge is 0.179 e. The van der Waals surface area contributed by atoms with E-state index in [1.165, 1.54) is 19.3 Å². The summed E-state index contributed by atoms with van der Waals surface area (Å²) in [6.07, 6.45) is 5.86. The Morgan fingerprint density at radius 2 is 2.22 bits per heavy atom. The Morgan fingerprint density at radius 1 is 1.56 bits per heavy atom. The Morgan fingerprint density at radius 3 is 2.67 bits per heavy atom. The average molecular weight is 163 g/mol. The molecule has 0 fully saturated rings. The van der Waals surface area contributed by atoms with Crippen LogP contribution in [0.2, 0.25) is 0 Å². The molecule has 0 saturated carbocycles. The Balaban J connectivity index is 2.95. The van der Waals surface area contributed by atoms with Gasteiger partial charge >= 0.3 is 0 Å². The quantitative estimate of drug-likeness (QED) is 0.572. The first kappa shape index (κ1) is 9.70. The van der Waals surface area contributed by atoms with E-state index in [1.807, 2.05) is 0 Å². The van der Waals surface area contributed by atoms with Gasteiger partial charge in [0, 0.05) is 5.25 Å². The lowest BCUT2D eigenvalue weighted by Crippen LogP contribution is -1.99. The van der Waals surface area contributed by atoms with Gasteiger partial charge in [-0.05, 0) is 18.6 Å². The molecule has 0 nitrogen and oxygen atoms in total. The van der Waals surface area contributed by atoms with Crippen LogP contribution in [0.1, 0.15) is 26.2 Å². The molecule has 0 aromatic heterocycles. The molecular formula is C7H15S2. The van der Waals surface area contributed by atoms with Crippen molar-refractivity contribution < 1.29 is 0 Å². The molecule has 0 bridgehead atoms. The van der Waals surface area contributed by atoms with Crippen molar-refractivity contribution in [2.24, 2.45) is 0 Å². The van der Waals surface area contributed by atoms with Gasteiger partial charge < -0.3 is 0 Å². The summed E-state index contributed by atoms with van der Waals surface area (Å²) in [4.78, 5) is 0. The van der Waals surface area contributed by atoms with E-state index in [9.17, 15) is 0 Å². The van der Waals surface area contributed by atoms with Crippen molar-refractivity contribution in [2.45, 2.75) is 31.4 Å². The molecule has 0 aromatic carbocycles. The van der Waals surface area contributed by atoms with Crippen LogP contribution in [-0.4, -0.2) is 11.0 Å². The summed E-state index contributed by atoms with van der Waals surface area (Å²) in [5.74, 6) is 0.845. The Kier molecular flexibility index (Phi) is 7.34. The monoisotopic (exact) mass is 163 g/mol. The SMILES string of the molecule is CCCCC(S)[CH]CS. The average Bonchev–Trinajstić information content (AvgIpc) is 1.85. The van der Waals surface area contributed by atoms with Crippen molar-refractivity contribution in [2.75, 3.05) is 5.75 Å². The second-order valence-electron chi connectivity index (χ2n) is 2.13. The van der Waals surface area contributed by atoms with E-state index in [1.54, 1.807) is 0 Å². The van der Waals surface area contributed by atoms with Crippen LogP contribution in [-0.2, 0) is 0 Å². The van der Waals surface area contributed by atoms with E-state index < -0.39 is 0 Å². The zero-order chi connectivity index (χ0) is 7.11. The van der Waals surface area contributed by atoms with E-state index in [2.05, 4.69) is 38.6 Å². The summed E-state index contributed by atoms with van der Waals surface area (Å²) in [5, 5.41) is 0.461. The van der Waals surface area contributed by atoms with Gasteiger partial charge in [-0.1, -0.05) is 19.8 Å². The summed E-state index contributed by atoms with van der Waals surface area (Å²) in [6, 6.07) is 0. The van der Waals surface area contributed by atoms with Gasteiger partial charge in [0.2, 0.25) is 0 Å². The molecule has 0 heterocycles. The van der Waals surface area contributed by atoms with Crippen molar-refractivity contribution in [3.63, 3.8) is 0 Å². The van der Waals surface area contributed by atoms with Gasteiger partial charge in [0.1, 0.15) is 0 Å². The Hall–Kier alpha value is 0.700. The summed E-state index contributed by atoms with van der Waals surface area (Å²) < 4.78 is 0. The van der Waals surface area contributed by atoms with Crippen LogP contribution in [0.15, 0.2) is 0 Å². The third-order valence-corrected chi connectivity index (χ3v) is 1.91. The standard InChI is InChI=1S/C7H15S2/c1-2-3-4-7(9)5-6-8/h5,7-9H,2-4,6H2,1H3. The van der Waals surface area contributed by atoms with Crippen molar-refractivity contribution >= 4 is 25.3 Å². The summed E-state index contributed by atoms with van der Waals surface area (Å²) >= 11 is 8.42. The maximum Gasteiger partial charge on any atom is 0.00562 e. The van der Waals surface area contributed by atoms with Crippen molar-refractivity contribution in [3.8, 4) is 0 Å². The van der Waals surface area contributed by atoms with Crippen molar-refractivity contribution in [1.82, 2.24) is 0 Å². The highest BCUT2D eigenvalue weighted by atomic mass is 32.1. The number of hydrogen-bond donors (Lipinski definition) is 2. The van der Waals surface area contributed by atoms with Crippen LogP contribution in [0, 0.1) is 6.42 Å². The molecule has 0 aliphatic heterocycles. The molecule has 0 aliphatic carbocycles. The van der Waals surface area contributed by atoms with E-state index in [0.717, 1.165) is 5.75 Å². The number of rotatable bonds is 5. The van der Waals surface area contributed by atoms with Gasteiger partial charge in [-0.15, -0.1) is 0 Å². The smallest absolute Gasteiger partial charge is 0.00562 e. The first-order valence-corrected chi connectivity index (χ1v) is 4.58. The van der Waals surface area contributed by atoms with Crippen molar-refractivity contribution in [1.29, 1.82) is 0 Å². The van der Waals surface area contributed by atoms with Crippen LogP contribution in [0.5, 0.6) is 0 Å². The molecule has 55 valence electrons. The van der Waals surface area contributed by atoms with E-state index >= 15 is 0 Å². The van der Waals surface area contributed by atoms with Gasteiger partial charge in [-0.3, -0.25) is 0 Å². The third-order valence-electron chi connectivity index (χ3n) is 1.23. The Labute approximate surface area is 69.2 Å². The fraction of sp³-hybridized carbons (Fsp3) is 0.857. The van der Waals surface area contributed by atoms with Crippen molar-refractivity contribution in [3.05, 3.63) is 6.42 Å². The molecule has 1 atom stereocenters. The minimum atomic E-state index is 0.461. The molecule has 0 amide bonds. The van der Waals surface area contributed by atoms with Crippen LogP contribution >= 0.6 is 25.3 Å². The minimum Gasteiger partial charge on any atom is -0.179 e. The van der Waals surface area contributed by atoms with Crippen LogP contribution < -0.4 is 0 Å². The van der Waals surface area contributed by atoms with Gasteiger partial charge in [-0.25, -0.2) is 0 Å². The second-order valence-corrected chi connectivity index (χ2v) is 3.16. The first-order valence-electron chi connectivity index (χ1n) is 3.43. The molecule has 2 heteroatoms. The lowest BCUT2D eigenvalue weighted by atomic mass is 10.2. The first-order chi connectivity index (χ1) is 4.31. The normalized spacial score (nSPS) is 13.7. The number of thiol groups is 2. The topological polar surface area (TPSA) is 0 Å². The molecule has 0 spiro atoms. The van der Waals surface area contributed by atoms with E-state index in [-0.39, 0.29) is 0 Å². The molecule has 0 rings (SSSR count). The van der Waals surface area contributed by atoms with Gasteiger partial charge in [0.05, 0.1) is 0 Å². The number of hydrogen-bond acceptors (Lipinski definition) is 2. The molecule has 0 aliphatic rings. The third kappa shape index (κ3) is 6.59. The zero-order valence-electron chi connectivity index (χ0n) is 5.88. The molecule has 0 N–H and O–H groups in total. The fourth-order valence-corrected chi connectivity index (χ4v) is 1.36.